The number of para-hydroxylation sites is 2. The van der Waals surface area contributed by atoms with E-state index in [4.69, 9.17) is 4.74 Å². The minimum atomic E-state index is -3.80. The second kappa shape index (κ2) is 9.45. The molecule has 0 spiro atoms. The van der Waals surface area contributed by atoms with E-state index in [1.54, 1.807) is 35.1 Å². The lowest BCUT2D eigenvalue weighted by atomic mass is 10.2. The zero-order valence-electron chi connectivity index (χ0n) is 16.9. The van der Waals surface area contributed by atoms with Gasteiger partial charge in [-0.15, -0.1) is 0 Å². The molecule has 1 heterocycles. The van der Waals surface area contributed by atoms with Crippen LogP contribution in [0.3, 0.4) is 0 Å². The number of sulfonamides is 1. The summed E-state index contributed by atoms with van der Waals surface area (Å²) < 4.78 is 34.1. The number of hydrogen-bond acceptors (Lipinski definition) is 5. The molecule has 0 aliphatic rings. The van der Waals surface area contributed by atoms with Crippen molar-refractivity contribution in [3.8, 4) is 5.75 Å². The van der Waals surface area contributed by atoms with Gasteiger partial charge < -0.3 is 10.1 Å². The van der Waals surface area contributed by atoms with Crippen molar-refractivity contribution in [2.24, 2.45) is 0 Å². The van der Waals surface area contributed by atoms with Gasteiger partial charge in [-0.3, -0.25) is 13.8 Å². The second-order valence-corrected chi connectivity index (χ2v) is 8.52. The van der Waals surface area contributed by atoms with Crippen molar-refractivity contribution in [1.29, 1.82) is 0 Å². The quantitative estimate of drug-likeness (QED) is 0.529. The van der Waals surface area contributed by atoms with Gasteiger partial charge in [0, 0.05) is 38.1 Å². The molecule has 3 aromatic rings. The number of nitrogens with zero attached hydrogens (tertiary/aromatic N) is 3. The van der Waals surface area contributed by atoms with Crippen LogP contribution in [0, 0.1) is 0 Å². The van der Waals surface area contributed by atoms with Crippen molar-refractivity contribution in [1.82, 2.24) is 15.1 Å². The Balaban J connectivity index is 1.64. The highest BCUT2D eigenvalue weighted by Gasteiger charge is 2.23. The third kappa shape index (κ3) is 4.80. The number of carbonyl (C=O) groups is 1. The van der Waals surface area contributed by atoms with Crippen LogP contribution in [0.5, 0.6) is 5.75 Å². The molecule has 9 heteroatoms. The first-order valence-electron chi connectivity index (χ1n) is 9.41. The number of benzene rings is 2. The molecule has 8 nitrogen and oxygen atoms in total. The molecule has 2 aromatic carbocycles. The van der Waals surface area contributed by atoms with E-state index >= 15 is 0 Å². The number of nitrogens with one attached hydrogen (secondary N) is 1. The summed E-state index contributed by atoms with van der Waals surface area (Å²) in [5.74, 6) is 0.201. The summed E-state index contributed by atoms with van der Waals surface area (Å²) in [4.78, 5) is 12.4. The Morgan fingerprint density at radius 2 is 1.87 bits per heavy atom. The molecule has 0 unspecified atom stereocenters. The van der Waals surface area contributed by atoms with Crippen molar-refractivity contribution in [2.45, 2.75) is 17.9 Å². The van der Waals surface area contributed by atoms with E-state index in [1.807, 2.05) is 12.3 Å². The van der Waals surface area contributed by atoms with Gasteiger partial charge in [-0.1, -0.05) is 12.1 Å². The fourth-order valence-corrected chi connectivity index (χ4v) is 4.14. The Labute approximate surface area is 176 Å². The van der Waals surface area contributed by atoms with E-state index in [2.05, 4.69) is 10.4 Å². The Morgan fingerprint density at radius 1 is 1.13 bits per heavy atom. The molecular weight excluding hydrogens is 404 g/mol. The zero-order valence-corrected chi connectivity index (χ0v) is 17.7. The summed E-state index contributed by atoms with van der Waals surface area (Å²) in [7, 11) is -0.848. The van der Waals surface area contributed by atoms with E-state index < -0.39 is 10.0 Å². The standard InChI is InChI=1S/C21H24N4O4S/c1-24(19-7-3-4-8-20(19)29-2)30(27,28)18-11-9-17(10-12-18)21(26)22-13-5-15-25-16-6-14-23-25/h3-4,6-12,14,16H,5,13,15H2,1-2H3,(H,22,26). The van der Waals surface area contributed by atoms with Crippen molar-refractivity contribution >= 4 is 21.6 Å². The van der Waals surface area contributed by atoms with E-state index in [1.165, 1.54) is 38.4 Å². The number of anilines is 1. The topological polar surface area (TPSA) is 93.5 Å². The van der Waals surface area contributed by atoms with Gasteiger partial charge in [-0.25, -0.2) is 8.42 Å². The molecule has 0 saturated heterocycles. The lowest BCUT2D eigenvalue weighted by Crippen LogP contribution is -2.27. The Bertz CT molecular complexity index is 1080. The maximum atomic E-state index is 13.0. The van der Waals surface area contributed by atoms with Crippen LogP contribution in [-0.4, -0.2) is 44.8 Å². The summed E-state index contributed by atoms with van der Waals surface area (Å²) in [5, 5.41) is 6.93. The van der Waals surface area contributed by atoms with Gasteiger partial charge in [-0.2, -0.15) is 5.10 Å². The molecule has 1 amide bonds. The van der Waals surface area contributed by atoms with E-state index in [0.717, 1.165) is 10.7 Å². The number of rotatable bonds is 9. The summed E-state index contributed by atoms with van der Waals surface area (Å²) in [5.41, 5.74) is 0.826. The van der Waals surface area contributed by atoms with Crippen LogP contribution in [0.1, 0.15) is 16.8 Å². The molecule has 0 saturated carbocycles. The van der Waals surface area contributed by atoms with Gasteiger partial charge in [0.15, 0.2) is 0 Å². The van der Waals surface area contributed by atoms with Crippen LogP contribution in [0.25, 0.3) is 0 Å². The molecule has 1 N–H and O–H groups in total. The highest BCUT2D eigenvalue weighted by molar-refractivity contribution is 7.92. The van der Waals surface area contributed by atoms with Crippen LogP contribution >= 0.6 is 0 Å². The molecule has 3 rings (SSSR count). The van der Waals surface area contributed by atoms with Gasteiger partial charge in [0.2, 0.25) is 0 Å². The second-order valence-electron chi connectivity index (χ2n) is 6.55. The summed E-state index contributed by atoms with van der Waals surface area (Å²) in [6.07, 6.45) is 4.31. The smallest absolute Gasteiger partial charge is 0.264 e. The third-order valence-corrected chi connectivity index (χ3v) is 6.39. The molecule has 0 radical (unpaired) electrons. The van der Waals surface area contributed by atoms with Crippen LogP contribution in [-0.2, 0) is 16.6 Å². The lowest BCUT2D eigenvalue weighted by molar-refractivity contribution is 0.0952. The molecule has 1 aromatic heterocycles. The average Bonchev–Trinajstić information content (AvgIpc) is 3.29. The molecule has 30 heavy (non-hydrogen) atoms. The average molecular weight is 429 g/mol. The largest absolute Gasteiger partial charge is 0.495 e. The Kier molecular flexibility index (Phi) is 6.73. The number of carbonyl (C=O) groups excluding carboxylic acids is 1. The first-order valence-corrected chi connectivity index (χ1v) is 10.8. The van der Waals surface area contributed by atoms with Crippen molar-refractivity contribution in [3.63, 3.8) is 0 Å². The maximum Gasteiger partial charge on any atom is 0.264 e. The highest BCUT2D eigenvalue weighted by atomic mass is 32.2. The van der Waals surface area contributed by atoms with E-state index in [0.29, 0.717) is 30.1 Å². The van der Waals surface area contributed by atoms with Gasteiger partial charge in [0.05, 0.1) is 17.7 Å². The molecule has 0 bridgehead atoms. The van der Waals surface area contributed by atoms with Crippen LogP contribution in [0.15, 0.2) is 71.9 Å². The number of hydrogen-bond donors (Lipinski definition) is 1. The monoisotopic (exact) mass is 428 g/mol. The maximum absolute atomic E-state index is 13.0. The molecule has 0 atom stereocenters. The molecule has 0 aliphatic heterocycles. The predicted octanol–water partition coefficient (Wildman–Crippen LogP) is 2.54. The van der Waals surface area contributed by atoms with E-state index in [-0.39, 0.29) is 10.8 Å². The lowest BCUT2D eigenvalue weighted by Gasteiger charge is -2.21. The molecule has 158 valence electrons. The van der Waals surface area contributed by atoms with Crippen LogP contribution < -0.4 is 14.4 Å². The van der Waals surface area contributed by atoms with Gasteiger partial charge >= 0.3 is 0 Å². The third-order valence-electron chi connectivity index (χ3n) is 4.61. The number of aryl methyl sites for hydroxylation is 1. The van der Waals surface area contributed by atoms with Crippen molar-refractivity contribution in [2.75, 3.05) is 25.0 Å². The van der Waals surface area contributed by atoms with E-state index in [9.17, 15) is 13.2 Å². The van der Waals surface area contributed by atoms with Crippen molar-refractivity contribution in [3.05, 3.63) is 72.6 Å². The minimum Gasteiger partial charge on any atom is -0.495 e. The van der Waals surface area contributed by atoms with Gasteiger partial charge in [0.25, 0.3) is 15.9 Å². The number of amides is 1. The number of aromatic nitrogens is 2. The molecule has 0 fully saturated rings. The summed E-state index contributed by atoms with van der Waals surface area (Å²) in [6.45, 7) is 1.20. The summed E-state index contributed by atoms with van der Waals surface area (Å²) in [6, 6.07) is 14.6. The normalized spacial score (nSPS) is 11.1. The van der Waals surface area contributed by atoms with Crippen molar-refractivity contribution < 1.29 is 17.9 Å². The minimum absolute atomic E-state index is 0.0890. The van der Waals surface area contributed by atoms with Crippen LogP contribution in [0.2, 0.25) is 0 Å². The first kappa shape index (κ1) is 21.4. The highest BCUT2D eigenvalue weighted by Crippen LogP contribution is 2.30. The first-order chi connectivity index (χ1) is 14.4. The van der Waals surface area contributed by atoms with Gasteiger partial charge in [-0.05, 0) is 48.9 Å². The Morgan fingerprint density at radius 3 is 2.53 bits per heavy atom. The fourth-order valence-electron chi connectivity index (χ4n) is 2.93. The Hall–Kier alpha value is -3.33. The number of ether oxygens (including phenoxy) is 1. The predicted molar refractivity (Wildman–Crippen MR) is 114 cm³/mol. The molecule has 0 aliphatic carbocycles. The summed E-state index contributed by atoms with van der Waals surface area (Å²) >= 11 is 0. The SMILES string of the molecule is COc1ccccc1N(C)S(=O)(=O)c1ccc(C(=O)NCCCn2cccn2)cc1. The number of methoxy groups -OCH3 is 1. The van der Waals surface area contributed by atoms with Gasteiger partial charge in [0.1, 0.15) is 5.75 Å². The molecular formula is C21H24N4O4S. The van der Waals surface area contributed by atoms with Crippen LogP contribution in [0.4, 0.5) is 5.69 Å². The zero-order chi connectivity index (χ0) is 21.6. The fraction of sp³-hybridized carbons (Fsp3) is 0.238.